The number of hydrogen-bond acceptors (Lipinski definition) is 4. The first kappa shape index (κ1) is 18.8. The maximum Gasteiger partial charge on any atom is 0.313 e. The molecule has 1 saturated carbocycles. The van der Waals surface area contributed by atoms with Crippen LogP contribution in [0, 0.1) is 0 Å². The predicted octanol–water partition coefficient (Wildman–Crippen LogP) is 2.43. The lowest BCUT2D eigenvalue weighted by Crippen LogP contribution is -2.41. The second-order valence-electron chi connectivity index (χ2n) is 6.88. The molecular formula is C20H24N4O3. The number of hydrogen-bond donors (Lipinski definition) is 2. The van der Waals surface area contributed by atoms with Gasteiger partial charge in [0.2, 0.25) is 5.78 Å². The fraction of sp³-hybridized carbons (Fsp3) is 0.400. The zero-order valence-electron chi connectivity index (χ0n) is 15.4. The summed E-state index contributed by atoms with van der Waals surface area (Å²) in [5.41, 5.74) is 0.928. The summed E-state index contributed by atoms with van der Waals surface area (Å²) in [7, 11) is 1.75. The van der Waals surface area contributed by atoms with E-state index >= 15 is 0 Å². The highest BCUT2D eigenvalue weighted by Gasteiger charge is 2.20. The van der Waals surface area contributed by atoms with E-state index in [0.29, 0.717) is 17.1 Å². The number of anilines is 1. The van der Waals surface area contributed by atoms with Gasteiger partial charge in [-0.1, -0.05) is 25.7 Å². The van der Waals surface area contributed by atoms with Crippen molar-refractivity contribution < 1.29 is 14.4 Å². The minimum absolute atomic E-state index is 0.0727. The molecule has 2 aromatic rings. The van der Waals surface area contributed by atoms with Gasteiger partial charge < -0.3 is 15.2 Å². The Morgan fingerprint density at radius 1 is 1.00 bits per heavy atom. The topological polar surface area (TPSA) is 93.1 Å². The summed E-state index contributed by atoms with van der Waals surface area (Å²) in [6.07, 6.45) is 9.63. The lowest BCUT2D eigenvalue weighted by molar-refractivity contribution is -0.136. The molecule has 1 fully saturated rings. The van der Waals surface area contributed by atoms with Gasteiger partial charge in [0.25, 0.3) is 0 Å². The third-order valence-electron chi connectivity index (χ3n) is 4.83. The van der Waals surface area contributed by atoms with Crippen LogP contribution in [0.4, 0.5) is 5.69 Å². The van der Waals surface area contributed by atoms with Crippen LogP contribution in [0.3, 0.4) is 0 Å². The Kier molecular flexibility index (Phi) is 6.01. The number of aryl methyl sites for hydroxylation is 1. The van der Waals surface area contributed by atoms with Crippen LogP contribution >= 0.6 is 0 Å². The van der Waals surface area contributed by atoms with Crippen molar-refractivity contribution in [1.29, 1.82) is 0 Å². The van der Waals surface area contributed by atoms with Gasteiger partial charge in [-0.05, 0) is 37.1 Å². The van der Waals surface area contributed by atoms with Crippen molar-refractivity contribution in [3.8, 4) is 0 Å². The van der Waals surface area contributed by atoms with Gasteiger partial charge in [-0.15, -0.1) is 0 Å². The highest BCUT2D eigenvalue weighted by atomic mass is 16.2. The maximum absolute atomic E-state index is 12.4. The third kappa shape index (κ3) is 4.81. The number of amides is 2. The van der Waals surface area contributed by atoms with Gasteiger partial charge in [0.05, 0.1) is 0 Å². The zero-order valence-corrected chi connectivity index (χ0v) is 15.4. The molecule has 0 radical (unpaired) electrons. The fourth-order valence-electron chi connectivity index (χ4n) is 3.28. The van der Waals surface area contributed by atoms with Crippen molar-refractivity contribution in [2.45, 2.75) is 44.6 Å². The SMILES string of the molecule is Cn1ccnc1C(=O)c1ccc(NC(=O)C(=O)NC2CCCCCC2)cc1. The fourth-order valence-corrected chi connectivity index (χ4v) is 3.28. The molecule has 27 heavy (non-hydrogen) atoms. The van der Waals surface area contributed by atoms with E-state index in [9.17, 15) is 14.4 Å². The van der Waals surface area contributed by atoms with E-state index in [1.165, 1.54) is 12.8 Å². The van der Waals surface area contributed by atoms with E-state index in [1.54, 1.807) is 48.3 Å². The zero-order chi connectivity index (χ0) is 19.2. The van der Waals surface area contributed by atoms with Crippen molar-refractivity contribution in [2.24, 2.45) is 7.05 Å². The average molecular weight is 368 g/mol. The van der Waals surface area contributed by atoms with Crippen molar-refractivity contribution in [2.75, 3.05) is 5.32 Å². The molecule has 0 atom stereocenters. The van der Waals surface area contributed by atoms with Crippen molar-refractivity contribution in [3.63, 3.8) is 0 Å². The van der Waals surface area contributed by atoms with Crippen LogP contribution in [0.5, 0.6) is 0 Å². The highest BCUT2D eigenvalue weighted by Crippen LogP contribution is 2.17. The maximum atomic E-state index is 12.4. The van der Waals surface area contributed by atoms with Crippen LogP contribution in [0.25, 0.3) is 0 Å². The molecule has 1 aromatic carbocycles. The standard InChI is InChI=1S/C20H24N4O3/c1-24-13-12-21-18(24)17(25)14-8-10-16(11-9-14)23-20(27)19(26)22-15-6-4-2-3-5-7-15/h8-13,15H,2-7H2,1H3,(H,22,26)(H,23,27). The number of nitrogens with zero attached hydrogens (tertiary/aromatic N) is 2. The van der Waals surface area contributed by atoms with Gasteiger partial charge in [-0.3, -0.25) is 14.4 Å². The molecule has 2 N–H and O–H groups in total. The Morgan fingerprint density at radius 3 is 2.26 bits per heavy atom. The number of aromatic nitrogens is 2. The van der Waals surface area contributed by atoms with Gasteiger partial charge in [0.1, 0.15) is 0 Å². The summed E-state index contributed by atoms with van der Waals surface area (Å²) in [6.45, 7) is 0. The molecule has 1 aromatic heterocycles. The van der Waals surface area contributed by atoms with Gasteiger partial charge in [0, 0.05) is 36.7 Å². The van der Waals surface area contributed by atoms with Crippen LogP contribution in [0.1, 0.15) is 54.7 Å². The summed E-state index contributed by atoms with van der Waals surface area (Å²) in [6, 6.07) is 6.50. The molecule has 3 rings (SSSR count). The molecule has 7 nitrogen and oxygen atoms in total. The molecule has 1 heterocycles. The summed E-state index contributed by atoms with van der Waals surface area (Å²) < 4.78 is 1.65. The predicted molar refractivity (Wildman–Crippen MR) is 101 cm³/mol. The van der Waals surface area contributed by atoms with Crippen LogP contribution in [-0.4, -0.2) is 33.2 Å². The molecule has 0 unspecified atom stereocenters. The third-order valence-corrected chi connectivity index (χ3v) is 4.83. The normalized spacial score (nSPS) is 15.0. The van der Waals surface area contributed by atoms with E-state index in [2.05, 4.69) is 15.6 Å². The summed E-state index contributed by atoms with van der Waals surface area (Å²) >= 11 is 0. The number of ketones is 1. The molecule has 0 bridgehead atoms. The van der Waals surface area contributed by atoms with Gasteiger partial charge in [-0.25, -0.2) is 4.98 Å². The molecule has 0 saturated heterocycles. The molecule has 0 spiro atoms. The average Bonchev–Trinajstić information content (AvgIpc) is 2.93. The van der Waals surface area contributed by atoms with E-state index in [-0.39, 0.29) is 11.8 Å². The smallest absolute Gasteiger partial charge is 0.313 e. The van der Waals surface area contributed by atoms with Crippen LogP contribution < -0.4 is 10.6 Å². The molecule has 1 aliphatic carbocycles. The number of benzene rings is 1. The summed E-state index contributed by atoms with van der Waals surface area (Å²) in [5.74, 6) is -1.17. The van der Waals surface area contributed by atoms with E-state index in [1.807, 2.05) is 0 Å². The van der Waals surface area contributed by atoms with Gasteiger partial charge >= 0.3 is 11.8 Å². The molecule has 0 aliphatic heterocycles. The Labute approximate surface area is 158 Å². The first-order valence-corrected chi connectivity index (χ1v) is 9.28. The van der Waals surface area contributed by atoms with Crippen molar-refractivity contribution in [3.05, 3.63) is 48.0 Å². The minimum Gasteiger partial charge on any atom is -0.345 e. The van der Waals surface area contributed by atoms with E-state index in [4.69, 9.17) is 0 Å². The van der Waals surface area contributed by atoms with Crippen LogP contribution in [0.15, 0.2) is 36.7 Å². The second kappa shape index (κ2) is 8.62. The first-order valence-electron chi connectivity index (χ1n) is 9.28. The van der Waals surface area contributed by atoms with Crippen LogP contribution in [-0.2, 0) is 16.6 Å². The molecular weight excluding hydrogens is 344 g/mol. The summed E-state index contributed by atoms with van der Waals surface area (Å²) in [5, 5.41) is 5.39. The molecule has 7 heteroatoms. The second-order valence-corrected chi connectivity index (χ2v) is 6.88. The van der Waals surface area contributed by atoms with Crippen molar-refractivity contribution in [1.82, 2.24) is 14.9 Å². The largest absolute Gasteiger partial charge is 0.345 e. The molecule has 1 aliphatic rings. The van der Waals surface area contributed by atoms with Gasteiger partial charge in [0.15, 0.2) is 5.82 Å². The minimum atomic E-state index is -0.692. The highest BCUT2D eigenvalue weighted by molar-refractivity contribution is 6.39. The number of imidazole rings is 1. The Bertz CT molecular complexity index is 818. The first-order chi connectivity index (χ1) is 13.0. The van der Waals surface area contributed by atoms with E-state index in [0.717, 1.165) is 25.7 Å². The number of carbonyl (C=O) groups excluding carboxylic acids is 3. The molecule has 142 valence electrons. The van der Waals surface area contributed by atoms with E-state index < -0.39 is 11.8 Å². The van der Waals surface area contributed by atoms with Crippen molar-refractivity contribution >= 4 is 23.3 Å². The Hall–Kier alpha value is -2.96. The molecule has 2 amide bonds. The monoisotopic (exact) mass is 368 g/mol. The quantitative estimate of drug-likeness (QED) is 0.492. The number of carbonyl (C=O) groups is 3. The summed E-state index contributed by atoms with van der Waals surface area (Å²) in [4.78, 5) is 40.7. The van der Waals surface area contributed by atoms with Gasteiger partial charge in [-0.2, -0.15) is 0 Å². The number of rotatable bonds is 4. The number of nitrogens with one attached hydrogen (secondary N) is 2. The lowest BCUT2D eigenvalue weighted by Gasteiger charge is -2.15. The Balaban J connectivity index is 1.57. The van der Waals surface area contributed by atoms with Crippen LogP contribution in [0.2, 0.25) is 0 Å². The lowest BCUT2D eigenvalue weighted by atomic mass is 10.1. The Morgan fingerprint density at radius 2 is 1.67 bits per heavy atom.